The molecule has 1 saturated heterocycles. The van der Waals surface area contributed by atoms with E-state index in [2.05, 4.69) is 4.72 Å². The van der Waals surface area contributed by atoms with Crippen LogP contribution in [0.25, 0.3) is 0 Å². The lowest BCUT2D eigenvalue weighted by atomic mass is 9.89. The maximum Gasteiger partial charge on any atom is 0.410 e. The second-order valence-electron chi connectivity index (χ2n) is 8.18. The van der Waals surface area contributed by atoms with Gasteiger partial charge in [-0.2, -0.15) is 0 Å². The summed E-state index contributed by atoms with van der Waals surface area (Å²) in [6.45, 7) is 13.3. The van der Waals surface area contributed by atoms with Crippen LogP contribution < -0.4 is 4.72 Å². The van der Waals surface area contributed by atoms with Crippen LogP contribution in [0.5, 0.6) is 0 Å². The molecular formula is C16H31FN2O3S. The van der Waals surface area contributed by atoms with E-state index in [1.165, 1.54) is 4.90 Å². The Labute approximate surface area is 141 Å². The highest BCUT2D eigenvalue weighted by Crippen LogP contribution is 2.26. The van der Waals surface area contributed by atoms with E-state index in [1.54, 1.807) is 20.8 Å². The third-order valence-corrected chi connectivity index (χ3v) is 5.43. The Kier molecular flexibility index (Phi) is 6.61. The fourth-order valence-corrected chi connectivity index (χ4v) is 3.28. The predicted octanol–water partition coefficient (Wildman–Crippen LogP) is 3.02. The molecule has 0 radical (unpaired) electrons. The van der Waals surface area contributed by atoms with Crippen LogP contribution in [0.15, 0.2) is 0 Å². The zero-order valence-corrected chi connectivity index (χ0v) is 16.1. The van der Waals surface area contributed by atoms with Crippen LogP contribution in [-0.4, -0.2) is 50.9 Å². The first kappa shape index (κ1) is 20.4. The summed E-state index contributed by atoms with van der Waals surface area (Å²) in [5.41, 5.74) is -0.585. The SMILES string of the molecule is C[C@H](N[S@](=O)C(C)(C)C)[C@H]1CCN(C(=O)OC(C)(C)C)C[C@H]1F. The van der Waals surface area contributed by atoms with E-state index in [0.29, 0.717) is 13.0 Å². The molecule has 1 aliphatic heterocycles. The lowest BCUT2D eigenvalue weighted by Gasteiger charge is -2.38. The van der Waals surface area contributed by atoms with Crippen LogP contribution in [0.4, 0.5) is 9.18 Å². The average Bonchev–Trinajstić information content (AvgIpc) is 2.34. The van der Waals surface area contributed by atoms with Crippen molar-refractivity contribution in [2.24, 2.45) is 5.92 Å². The van der Waals surface area contributed by atoms with Crippen LogP contribution in [0.2, 0.25) is 0 Å². The molecule has 136 valence electrons. The third-order valence-electron chi connectivity index (χ3n) is 3.73. The minimum Gasteiger partial charge on any atom is -0.444 e. The average molecular weight is 351 g/mol. The Morgan fingerprint density at radius 2 is 1.87 bits per heavy atom. The minimum absolute atomic E-state index is 0.0216. The number of nitrogens with one attached hydrogen (secondary N) is 1. The number of carbonyl (C=O) groups excluding carboxylic acids is 1. The lowest BCUT2D eigenvalue weighted by molar-refractivity contribution is 0.00292. The van der Waals surface area contributed by atoms with Gasteiger partial charge in [0.15, 0.2) is 0 Å². The van der Waals surface area contributed by atoms with Crippen LogP contribution in [-0.2, 0) is 15.7 Å². The van der Waals surface area contributed by atoms with Gasteiger partial charge in [0.1, 0.15) is 11.8 Å². The summed E-state index contributed by atoms with van der Waals surface area (Å²) in [6, 6.07) is -0.217. The normalized spacial score (nSPS) is 25.8. The van der Waals surface area contributed by atoms with Gasteiger partial charge < -0.3 is 9.64 Å². The van der Waals surface area contributed by atoms with Gasteiger partial charge in [0.05, 0.1) is 22.3 Å². The van der Waals surface area contributed by atoms with Gasteiger partial charge in [0, 0.05) is 18.5 Å². The zero-order valence-electron chi connectivity index (χ0n) is 15.3. The van der Waals surface area contributed by atoms with Gasteiger partial charge in [-0.05, 0) is 54.9 Å². The maximum atomic E-state index is 14.5. The Hall–Kier alpha value is -0.690. The molecule has 7 heteroatoms. The van der Waals surface area contributed by atoms with Gasteiger partial charge in [-0.15, -0.1) is 0 Å². The molecule has 1 fully saturated rings. The summed E-state index contributed by atoms with van der Waals surface area (Å²) in [4.78, 5) is 13.4. The van der Waals surface area contributed by atoms with E-state index in [0.717, 1.165) is 0 Å². The Bertz CT molecular complexity index is 446. The van der Waals surface area contributed by atoms with E-state index >= 15 is 0 Å². The molecule has 0 spiro atoms. The van der Waals surface area contributed by atoms with Gasteiger partial charge in [-0.25, -0.2) is 18.1 Å². The van der Waals surface area contributed by atoms with Crippen molar-refractivity contribution in [2.75, 3.05) is 13.1 Å². The Morgan fingerprint density at radius 1 is 1.30 bits per heavy atom. The standard InChI is InChI=1S/C16H31FN2O3S/c1-11(18-23(21)16(5,6)7)12-8-9-19(10-13(12)17)14(20)22-15(2,3)4/h11-13,18H,8-10H2,1-7H3/t11-,12+,13+,23+/m0/s1. The number of hydrogen-bond donors (Lipinski definition) is 1. The molecule has 1 aliphatic rings. The van der Waals surface area contributed by atoms with Gasteiger partial charge in [-0.3, -0.25) is 0 Å². The third kappa shape index (κ3) is 6.37. The molecule has 1 rings (SSSR count). The largest absolute Gasteiger partial charge is 0.444 e. The molecule has 4 atom stereocenters. The second-order valence-corrected chi connectivity index (χ2v) is 10.2. The van der Waals surface area contributed by atoms with E-state index in [1.807, 2.05) is 27.7 Å². The molecule has 0 saturated carbocycles. The highest BCUT2D eigenvalue weighted by atomic mass is 32.2. The molecule has 1 amide bonds. The van der Waals surface area contributed by atoms with Crippen LogP contribution >= 0.6 is 0 Å². The smallest absolute Gasteiger partial charge is 0.410 e. The highest BCUT2D eigenvalue weighted by Gasteiger charge is 2.37. The monoisotopic (exact) mass is 350 g/mol. The van der Waals surface area contributed by atoms with Crippen LogP contribution in [0.3, 0.4) is 0 Å². The molecule has 1 N–H and O–H groups in total. The molecule has 0 aliphatic carbocycles. The van der Waals surface area contributed by atoms with Crippen molar-refractivity contribution in [2.45, 2.75) is 77.4 Å². The van der Waals surface area contributed by atoms with Crippen molar-refractivity contribution in [3.05, 3.63) is 0 Å². The molecule has 23 heavy (non-hydrogen) atoms. The number of hydrogen-bond acceptors (Lipinski definition) is 3. The summed E-state index contributed by atoms with van der Waals surface area (Å²) >= 11 is 0. The summed E-state index contributed by atoms with van der Waals surface area (Å²) in [5.74, 6) is -0.264. The molecular weight excluding hydrogens is 319 g/mol. The van der Waals surface area contributed by atoms with Crippen molar-refractivity contribution in [3.8, 4) is 0 Å². The quantitative estimate of drug-likeness (QED) is 0.851. The fraction of sp³-hybridized carbons (Fsp3) is 0.938. The molecule has 0 unspecified atom stereocenters. The van der Waals surface area contributed by atoms with Gasteiger partial charge in [-0.1, -0.05) is 0 Å². The van der Waals surface area contributed by atoms with Crippen molar-refractivity contribution in [3.63, 3.8) is 0 Å². The molecule has 0 bridgehead atoms. The zero-order chi connectivity index (χ0) is 18.0. The Balaban J connectivity index is 2.59. The number of carbonyl (C=O) groups is 1. The number of nitrogens with zero attached hydrogens (tertiary/aromatic N) is 1. The number of rotatable bonds is 3. The predicted molar refractivity (Wildman–Crippen MR) is 91.3 cm³/mol. The number of halogens is 1. The lowest BCUT2D eigenvalue weighted by Crippen LogP contribution is -2.52. The molecule has 0 aromatic heterocycles. The molecule has 0 aromatic rings. The topological polar surface area (TPSA) is 58.6 Å². The summed E-state index contributed by atoms with van der Waals surface area (Å²) in [7, 11) is -1.24. The highest BCUT2D eigenvalue weighted by molar-refractivity contribution is 7.84. The molecule has 0 aromatic carbocycles. The number of ether oxygens (including phenoxy) is 1. The molecule has 1 heterocycles. The van der Waals surface area contributed by atoms with E-state index in [4.69, 9.17) is 4.74 Å². The van der Waals surface area contributed by atoms with Crippen LogP contribution in [0.1, 0.15) is 54.9 Å². The summed E-state index contributed by atoms with van der Waals surface area (Å²) < 4.78 is 34.5. The van der Waals surface area contributed by atoms with Gasteiger partial charge in [0.2, 0.25) is 0 Å². The van der Waals surface area contributed by atoms with Crippen LogP contribution in [0, 0.1) is 5.92 Å². The van der Waals surface area contributed by atoms with Crippen molar-refractivity contribution in [1.82, 2.24) is 9.62 Å². The first-order chi connectivity index (χ1) is 10.3. The summed E-state index contributed by atoms with van der Waals surface area (Å²) in [5, 5.41) is 0. The Morgan fingerprint density at radius 3 is 2.30 bits per heavy atom. The number of likely N-dealkylation sites (tertiary alicyclic amines) is 1. The van der Waals surface area contributed by atoms with E-state index < -0.39 is 33.6 Å². The number of piperidine rings is 1. The number of amides is 1. The van der Waals surface area contributed by atoms with Gasteiger partial charge >= 0.3 is 6.09 Å². The fourth-order valence-electron chi connectivity index (χ4n) is 2.41. The second kappa shape index (κ2) is 7.47. The van der Waals surface area contributed by atoms with Crippen molar-refractivity contribution >= 4 is 17.1 Å². The van der Waals surface area contributed by atoms with Crippen molar-refractivity contribution < 1.29 is 18.1 Å². The minimum atomic E-state index is -1.24. The maximum absolute atomic E-state index is 14.5. The first-order valence-corrected chi connectivity index (χ1v) is 9.26. The number of alkyl halides is 1. The first-order valence-electron chi connectivity index (χ1n) is 8.11. The van der Waals surface area contributed by atoms with E-state index in [-0.39, 0.29) is 18.5 Å². The van der Waals surface area contributed by atoms with Gasteiger partial charge in [0.25, 0.3) is 0 Å². The summed E-state index contributed by atoms with van der Waals surface area (Å²) in [6.07, 6.45) is -1.11. The van der Waals surface area contributed by atoms with Crippen molar-refractivity contribution in [1.29, 1.82) is 0 Å². The van der Waals surface area contributed by atoms with E-state index in [9.17, 15) is 13.4 Å². The molecule has 5 nitrogen and oxygen atoms in total.